The Labute approximate surface area is 134 Å². The van der Waals surface area contributed by atoms with Crippen molar-refractivity contribution >= 4 is 56.1 Å². The second kappa shape index (κ2) is 6.69. The number of carbonyl (C=O) groups excluding carboxylic acids is 1. The van der Waals surface area contributed by atoms with E-state index < -0.39 is 11.4 Å². The second-order valence-corrected chi connectivity index (χ2v) is 7.11. The maximum absolute atomic E-state index is 11.9. The number of carboxylic acid groups (broad SMARTS) is 1. The molecule has 1 rings (SSSR count). The Morgan fingerprint density at radius 2 is 2.00 bits per heavy atom. The third-order valence-corrected chi connectivity index (χ3v) is 4.80. The van der Waals surface area contributed by atoms with Crippen molar-refractivity contribution in [2.75, 3.05) is 5.32 Å². The van der Waals surface area contributed by atoms with Crippen LogP contribution >= 0.6 is 38.5 Å². The molecule has 1 aromatic carbocycles. The standard InChI is InChI=1S/C13H15BrINO3/c1-13(2,7-12(18)19)6-11(17)16-8-3-4-9(14)10(15)5-8/h3-5H,6-7H2,1-2H3,(H,16,17)(H,18,19). The van der Waals surface area contributed by atoms with Gasteiger partial charge in [-0.3, -0.25) is 9.59 Å². The molecule has 1 aromatic rings. The summed E-state index contributed by atoms with van der Waals surface area (Å²) in [5.41, 5.74) is 0.155. The number of aliphatic carboxylic acids is 1. The molecule has 0 heterocycles. The quantitative estimate of drug-likeness (QED) is 0.684. The zero-order valence-electron chi connectivity index (χ0n) is 10.7. The summed E-state index contributed by atoms with van der Waals surface area (Å²) >= 11 is 5.55. The van der Waals surface area contributed by atoms with Crippen molar-refractivity contribution in [2.45, 2.75) is 26.7 Å². The van der Waals surface area contributed by atoms with Crippen molar-refractivity contribution in [3.63, 3.8) is 0 Å². The number of benzene rings is 1. The molecule has 0 radical (unpaired) electrons. The molecule has 19 heavy (non-hydrogen) atoms. The van der Waals surface area contributed by atoms with Crippen LogP contribution < -0.4 is 5.32 Å². The third kappa shape index (κ3) is 5.90. The summed E-state index contributed by atoms with van der Waals surface area (Å²) in [6, 6.07) is 5.51. The van der Waals surface area contributed by atoms with E-state index in [1.54, 1.807) is 19.9 Å². The maximum atomic E-state index is 11.9. The van der Waals surface area contributed by atoms with Crippen molar-refractivity contribution in [1.82, 2.24) is 0 Å². The van der Waals surface area contributed by atoms with Crippen LogP contribution in [0.15, 0.2) is 22.7 Å². The van der Waals surface area contributed by atoms with Crippen LogP contribution in [-0.4, -0.2) is 17.0 Å². The van der Waals surface area contributed by atoms with Gasteiger partial charge in [-0.25, -0.2) is 0 Å². The van der Waals surface area contributed by atoms with Crippen molar-refractivity contribution < 1.29 is 14.7 Å². The van der Waals surface area contributed by atoms with E-state index in [4.69, 9.17) is 5.11 Å². The van der Waals surface area contributed by atoms with Crippen LogP contribution in [0.4, 0.5) is 5.69 Å². The van der Waals surface area contributed by atoms with Gasteiger partial charge in [-0.15, -0.1) is 0 Å². The highest BCUT2D eigenvalue weighted by molar-refractivity contribution is 14.1. The smallest absolute Gasteiger partial charge is 0.303 e. The van der Waals surface area contributed by atoms with Crippen molar-refractivity contribution in [3.05, 3.63) is 26.2 Å². The molecule has 0 aliphatic heterocycles. The summed E-state index contributed by atoms with van der Waals surface area (Å²) in [5.74, 6) is -1.07. The van der Waals surface area contributed by atoms with E-state index in [0.29, 0.717) is 5.69 Å². The number of rotatable bonds is 5. The molecular formula is C13H15BrINO3. The average molecular weight is 440 g/mol. The lowest BCUT2D eigenvalue weighted by Crippen LogP contribution is -2.24. The Kier molecular flexibility index (Phi) is 5.79. The van der Waals surface area contributed by atoms with E-state index in [1.165, 1.54) is 0 Å². The van der Waals surface area contributed by atoms with Gasteiger partial charge in [-0.2, -0.15) is 0 Å². The van der Waals surface area contributed by atoms with Crippen LogP contribution in [-0.2, 0) is 9.59 Å². The fraction of sp³-hybridized carbons (Fsp3) is 0.385. The van der Waals surface area contributed by atoms with E-state index in [0.717, 1.165) is 8.04 Å². The Morgan fingerprint density at radius 3 is 2.53 bits per heavy atom. The molecular weight excluding hydrogens is 425 g/mol. The number of anilines is 1. The molecule has 0 atom stereocenters. The highest BCUT2D eigenvalue weighted by atomic mass is 127. The fourth-order valence-corrected chi connectivity index (χ4v) is 2.45. The molecule has 0 fully saturated rings. The van der Waals surface area contributed by atoms with Crippen LogP contribution in [0.5, 0.6) is 0 Å². The zero-order chi connectivity index (χ0) is 14.6. The second-order valence-electron chi connectivity index (χ2n) is 5.09. The van der Waals surface area contributed by atoms with E-state index >= 15 is 0 Å². The minimum absolute atomic E-state index is 0.0295. The molecule has 0 saturated heterocycles. The monoisotopic (exact) mass is 439 g/mol. The highest BCUT2D eigenvalue weighted by Gasteiger charge is 2.25. The number of hydrogen-bond acceptors (Lipinski definition) is 2. The first-order chi connectivity index (χ1) is 8.69. The van der Waals surface area contributed by atoms with Crippen LogP contribution in [0.3, 0.4) is 0 Å². The third-order valence-electron chi connectivity index (χ3n) is 2.47. The molecule has 0 unspecified atom stereocenters. The topological polar surface area (TPSA) is 66.4 Å². The molecule has 0 aromatic heterocycles. The number of halogens is 2. The summed E-state index contributed by atoms with van der Waals surface area (Å²) in [4.78, 5) is 22.6. The Morgan fingerprint density at radius 1 is 1.37 bits per heavy atom. The molecule has 0 aliphatic carbocycles. The Balaban J connectivity index is 2.64. The van der Waals surface area contributed by atoms with Crippen LogP contribution in [0.1, 0.15) is 26.7 Å². The van der Waals surface area contributed by atoms with Crippen LogP contribution in [0.25, 0.3) is 0 Å². The van der Waals surface area contributed by atoms with Crippen molar-refractivity contribution in [1.29, 1.82) is 0 Å². The SMILES string of the molecule is CC(C)(CC(=O)O)CC(=O)Nc1ccc(Br)c(I)c1. The van der Waals surface area contributed by atoms with Gasteiger partial charge in [-0.05, 0) is 62.1 Å². The first-order valence-corrected chi connectivity index (χ1v) is 7.53. The Bertz CT molecular complexity index is 503. The molecule has 104 valence electrons. The first kappa shape index (κ1) is 16.4. The van der Waals surface area contributed by atoms with Gasteiger partial charge in [-0.1, -0.05) is 13.8 Å². The summed E-state index contributed by atoms with van der Waals surface area (Å²) in [5, 5.41) is 11.6. The Hall–Kier alpha value is -0.630. The van der Waals surface area contributed by atoms with Crippen molar-refractivity contribution in [3.8, 4) is 0 Å². The predicted molar refractivity (Wildman–Crippen MR) is 86.1 cm³/mol. The van der Waals surface area contributed by atoms with E-state index in [9.17, 15) is 9.59 Å². The number of carbonyl (C=O) groups is 2. The van der Waals surface area contributed by atoms with Crippen molar-refractivity contribution in [2.24, 2.45) is 5.41 Å². The van der Waals surface area contributed by atoms with Gasteiger partial charge in [0.05, 0.1) is 6.42 Å². The number of amides is 1. The number of carboxylic acids is 1. The molecule has 6 heteroatoms. The van der Waals surface area contributed by atoms with Gasteiger partial charge in [0.15, 0.2) is 0 Å². The molecule has 4 nitrogen and oxygen atoms in total. The summed E-state index contributed by atoms with van der Waals surface area (Å²) in [6.45, 7) is 3.54. The lowest BCUT2D eigenvalue weighted by atomic mass is 9.85. The van der Waals surface area contributed by atoms with Crippen LogP contribution in [0, 0.1) is 8.99 Å². The average Bonchev–Trinajstić information content (AvgIpc) is 2.20. The molecule has 1 amide bonds. The molecule has 0 bridgehead atoms. The lowest BCUT2D eigenvalue weighted by Gasteiger charge is -2.21. The largest absolute Gasteiger partial charge is 0.481 e. The maximum Gasteiger partial charge on any atom is 0.303 e. The van der Waals surface area contributed by atoms with E-state index in [2.05, 4.69) is 43.8 Å². The molecule has 2 N–H and O–H groups in total. The predicted octanol–water partition coefficient (Wildman–Crippen LogP) is 3.88. The normalized spacial score (nSPS) is 11.2. The van der Waals surface area contributed by atoms with Gasteiger partial charge in [0, 0.05) is 20.2 Å². The number of nitrogens with one attached hydrogen (secondary N) is 1. The minimum atomic E-state index is -0.893. The van der Waals surface area contributed by atoms with Crippen LogP contribution in [0.2, 0.25) is 0 Å². The van der Waals surface area contributed by atoms with Gasteiger partial charge in [0.1, 0.15) is 0 Å². The van der Waals surface area contributed by atoms with Gasteiger partial charge in [0.25, 0.3) is 0 Å². The van der Waals surface area contributed by atoms with Gasteiger partial charge < -0.3 is 10.4 Å². The molecule has 0 aliphatic rings. The fourth-order valence-electron chi connectivity index (χ4n) is 1.69. The number of hydrogen-bond donors (Lipinski definition) is 2. The first-order valence-electron chi connectivity index (χ1n) is 5.66. The summed E-state index contributed by atoms with van der Waals surface area (Å²) in [7, 11) is 0. The minimum Gasteiger partial charge on any atom is -0.481 e. The van der Waals surface area contributed by atoms with Gasteiger partial charge in [0.2, 0.25) is 5.91 Å². The summed E-state index contributed by atoms with van der Waals surface area (Å²) < 4.78 is 1.97. The van der Waals surface area contributed by atoms with Gasteiger partial charge >= 0.3 is 5.97 Å². The lowest BCUT2D eigenvalue weighted by molar-refractivity contribution is -0.139. The van der Waals surface area contributed by atoms with E-state index in [-0.39, 0.29) is 18.7 Å². The zero-order valence-corrected chi connectivity index (χ0v) is 14.4. The molecule has 0 saturated carbocycles. The van der Waals surface area contributed by atoms with E-state index in [1.807, 2.05) is 12.1 Å². The highest BCUT2D eigenvalue weighted by Crippen LogP contribution is 2.27. The summed E-state index contributed by atoms with van der Waals surface area (Å²) in [6.07, 6.45) is 0.143. The molecule has 0 spiro atoms.